The van der Waals surface area contributed by atoms with Gasteiger partial charge in [-0.25, -0.2) is 0 Å². The minimum atomic E-state index is 0.222. The van der Waals surface area contributed by atoms with Crippen LogP contribution in [0.3, 0.4) is 0 Å². The summed E-state index contributed by atoms with van der Waals surface area (Å²) >= 11 is 0. The zero-order valence-corrected chi connectivity index (χ0v) is 9.36. The molecule has 1 aliphatic rings. The van der Waals surface area contributed by atoms with E-state index in [-0.39, 0.29) is 5.92 Å². The van der Waals surface area contributed by atoms with E-state index in [1.54, 1.807) is 7.11 Å². The highest BCUT2D eigenvalue weighted by Gasteiger charge is 2.32. The number of ether oxygens (including phenoxy) is 1. The van der Waals surface area contributed by atoms with Crippen molar-refractivity contribution in [3.05, 3.63) is 0 Å². The fraction of sp³-hybridized carbons (Fsp3) is 0.909. The third-order valence-electron chi connectivity index (χ3n) is 3.27. The molecule has 3 unspecified atom stereocenters. The number of rotatable bonds is 4. The van der Waals surface area contributed by atoms with E-state index in [0.29, 0.717) is 12.1 Å². The molecular formula is C11H20N2O. The number of nitriles is 1. The first-order chi connectivity index (χ1) is 6.70. The lowest BCUT2D eigenvalue weighted by Gasteiger charge is -2.31. The number of nitrogens with zero attached hydrogens (tertiary/aromatic N) is 2. The Kier molecular flexibility index (Phi) is 4.37. The SMILES string of the molecule is COCC(C)N(C)C1CCCC1C#N. The quantitative estimate of drug-likeness (QED) is 0.686. The van der Waals surface area contributed by atoms with Crippen molar-refractivity contribution in [1.29, 1.82) is 5.26 Å². The van der Waals surface area contributed by atoms with Crippen LogP contribution in [-0.4, -0.2) is 37.7 Å². The van der Waals surface area contributed by atoms with Gasteiger partial charge in [-0.2, -0.15) is 5.26 Å². The van der Waals surface area contributed by atoms with E-state index < -0.39 is 0 Å². The van der Waals surface area contributed by atoms with Crippen LogP contribution >= 0.6 is 0 Å². The largest absolute Gasteiger partial charge is 0.383 e. The Morgan fingerprint density at radius 3 is 2.86 bits per heavy atom. The molecule has 1 aliphatic carbocycles. The number of hydrogen-bond donors (Lipinski definition) is 0. The van der Waals surface area contributed by atoms with Crippen molar-refractivity contribution >= 4 is 0 Å². The summed E-state index contributed by atoms with van der Waals surface area (Å²) in [4.78, 5) is 2.30. The lowest BCUT2D eigenvalue weighted by atomic mass is 10.0. The number of methoxy groups -OCH3 is 1. The molecule has 0 spiro atoms. The standard InChI is InChI=1S/C11H20N2O/c1-9(8-14-3)13(2)11-6-4-5-10(11)7-12/h9-11H,4-6,8H2,1-3H3. The van der Waals surface area contributed by atoms with Gasteiger partial charge in [0.25, 0.3) is 0 Å². The normalized spacial score (nSPS) is 29.1. The summed E-state index contributed by atoms with van der Waals surface area (Å²) in [6.45, 7) is 2.89. The molecule has 0 aromatic rings. The van der Waals surface area contributed by atoms with E-state index in [2.05, 4.69) is 24.9 Å². The highest BCUT2D eigenvalue weighted by atomic mass is 16.5. The van der Waals surface area contributed by atoms with E-state index >= 15 is 0 Å². The van der Waals surface area contributed by atoms with Crippen molar-refractivity contribution in [3.8, 4) is 6.07 Å². The molecule has 0 aliphatic heterocycles. The third kappa shape index (κ3) is 2.46. The molecule has 0 N–H and O–H groups in total. The molecule has 0 heterocycles. The molecule has 0 aromatic carbocycles. The van der Waals surface area contributed by atoms with E-state index in [0.717, 1.165) is 19.4 Å². The van der Waals surface area contributed by atoms with Crippen LogP contribution in [0.5, 0.6) is 0 Å². The summed E-state index contributed by atoms with van der Waals surface area (Å²) in [5.41, 5.74) is 0. The molecule has 14 heavy (non-hydrogen) atoms. The Balaban J connectivity index is 2.51. The molecular weight excluding hydrogens is 176 g/mol. The molecule has 1 saturated carbocycles. The Morgan fingerprint density at radius 1 is 1.57 bits per heavy atom. The van der Waals surface area contributed by atoms with Crippen LogP contribution in [0, 0.1) is 17.2 Å². The first kappa shape index (κ1) is 11.5. The van der Waals surface area contributed by atoms with Gasteiger partial charge < -0.3 is 4.74 Å². The Bertz CT molecular complexity index is 212. The highest BCUT2D eigenvalue weighted by molar-refractivity contribution is 4.97. The first-order valence-electron chi connectivity index (χ1n) is 5.31. The molecule has 3 heteroatoms. The zero-order valence-electron chi connectivity index (χ0n) is 9.36. The number of likely N-dealkylation sites (N-methyl/N-ethyl adjacent to an activating group) is 1. The Labute approximate surface area is 86.6 Å². The van der Waals surface area contributed by atoms with Crippen LogP contribution in [0.4, 0.5) is 0 Å². The predicted octanol–water partition coefficient (Wildman–Crippen LogP) is 1.65. The monoisotopic (exact) mass is 196 g/mol. The molecule has 0 amide bonds. The van der Waals surface area contributed by atoms with Crippen molar-refractivity contribution in [2.75, 3.05) is 20.8 Å². The van der Waals surface area contributed by atoms with Crippen molar-refractivity contribution in [2.24, 2.45) is 5.92 Å². The van der Waals surface area contributed by atoms with Gasteiger partial charge in [0, 0.05) is 19.2 Å². The van der Waals surface area contributed by atoms with E-state index in [9.17, 15) is 0 Å². The molecule has 0 radical (unpaired) electrons. The van der Waals surface area contributed by atoms with Gasteiger partial charge in [0.15, 0.2) is 0 Å². The summed E-state index contributed by atoms with van der Waals surface area (Å²) in [7, 11) is 3.82. The molecule has 80 valence electrons. The van der Waals surface area contributed by atoms with Crippen molar-refractivity contribution in [1.82, 2.24) is 4.90 Å². The Hall–Kier alpha value is -0.590. The molecule has 3 nitrogen and oxygen atoms in total. The number of hydrogen-bond acceptors (Lipinski definition) is 3. The summed E-state index contributed by atoms with van der Waals surface area (Å²) in [5, 5.41) is 8.99. The topological polar surface area (TPSA) is 36.3 Å². The zero-order chi connectivity index (χ0) is 10.6. The molecule has 0 aromatic heterocycles. The molecule has 0 bridgehead atoms. The maximum atomic E-state index is 8.99. The van der Waals surface area contributed by atoms with Crippen LogP contribution in [0.15, 0.2) is 0 Å². The molecule has 0 saturated heterocycles. The van der Waals surface area contributed by atoms with E-state index in [1.807, 2.05) is 0 Å². The second kappa shape index (κ2) is 5.33. The lowest BCUT2D eigenvalue weighted by Crippen LogP contribution is -2.42. The summed E-state index contributed by atoms with van der Waals surface area (Å²) in [6.07, 6.45) is 3.40. The van der Waals surface area contributed by atoms with Gasteiger partial charge in [-0.3, -0.25) is 4.90 Å². The Morgan fingerprint density at radius 2 is 2.29 bits per heavy atom. The van der Waals surface area contributed by atoms with Crippen molar-refractivity contribution in [2.45, 2.75) is 38.3 Å². The second-order valence-electron chi connectivity index (χ2n) is 4.20. The molecule has 1 fully saturated rings. The van der Waals surface area contributed by atoms with Gasteiger partial charge in [-0.15, -0.1) is 0 Å². The van der Waals surface area contributed by atoms with Crippen LogP contribution in [0.25, 0.3) is 0 Å². The minimum absolute atomic E-state index is 0.222. The average Bonchev–Trinajstić information content (AvgIpc) is 2.64. The highest BCUT2D eigenvalue weighted by Crippen LogP contribution is 2.29. The van der Waals surface area contributed by atoms with Crippen LogP contribution in [0.2, 0.25) is 0 Å². The van der Waals surface area contributed by atoms with E-state index in [1.165, 1.54) is 6.42 Å². The maximum Gasteiger partial charge on any atom is 0.0672 e. The second-order valence-corrected chi connectivity index (χ2v) is 4.20. The van der Waals surface area contributed by atoms with E-state index in [4.69, 9.17) is 10.00 Å². The predicted molar refractivity (Wildman–Crippen MR) is 55.8 cm³/mol. The average molecular weight is 196 g/mol. The molecule has 1 rings (SSSR count). The minimum Gasteiger partial charge on any atom is -0.383 e. The van der Waals surface area contributed by atoms with Crippen molar-refractivity contribution < 1.29 is 4.74 Å². The fourth-order valence-electron chi connectivity index (χ4n) is 2.26. The smallest absolute Gasteiger partial charge is 0.0672 e. The van der Waals surface area contributed by atoms with Gasteiger partial charge in [-0.1, -0.05) is 6.42 Å². The maximum absolute atomic E-state index is 8.99. The van der Waals surface area contributed by atoms with Gasteiger partial charge >= 0.3 is 0 Å². The first-order valence-corrected chi connectivity index (χ1v) is 5.31. The fourth-order valence-corrected chi connectivity index (χ4v) is 2.26. The van der Waals surface area contributed by atoms with Gasteiger partial charge in [0.05, 0.1) is 18.6 Å². The van der Waals surface area contributed by atoms with Crippen LogP contribution < -0.4 is 0 Å². The van der Waals surface area contributed by atoms with Gasteiger partial charge in [-0.05, 0) is 26.8 Å². The van der Waals surface area contributed by atoms with Crippen molar-refractivity contribution in [3.63, 3.8) is 0 Å². The van der Waals surface area contributed by atoms with Crippen LogP contribution in [-0.2, 0) is 4.74 Å². The summed E-state index contributed by atoms with van der Waals surface area (Å²) in [6, 6.07) is 3.25. The van der Waals surface area contributed by atoms with Crippen LogP contribution in [0.1, 0.15) is 26.2 Å². The summed E-state index contributed by atoms with van der Waals surface area (Å²) in [5.74, 6) is 0.222. The van der Waals surface area contributed by atoms with Gasteiger partial charge in [0.2, 0.25) is 0 Å². The lowest BCUT2D eigenvalue weighted by molar-refractivity contribution is 0.0830. The summed E-state index contributed by atoms with van der Waals surface area (Å²) < 4.78 is 5.13. The van der Waals surface area contributed by atoms with Gasteiger partial charge in [0.1, 0.15) is 0 Å². The molecule has 3 atom stereocenters. The third-order valence-corrected chi connectivity index (χ3v) is 3.27.